The number of benzene rings is 2. The number of nitrogens with one attached hydrogen (secondary N) is 1. The predicted molar refractivity (Wildman–Crippen MR) is 135 cm³/mol. The zero-order valence-corrected chi connectivity index (χ0v) is 21.3. The molecule has 0 aromatic heterocycles. The van der Waals surface area contributed by atoms with Crippen LogP contribution < -0.4 is 5.32 Å². The molecule has 1 fully saturated rings. The van der Waals surface area contributed by atoms with E-state index in [-0.39, 0.29) is 11.8 Å². The summed E-state index contributed by atoms with van der Waals surface area (Å²) in [5, 5.41) is 4.11. The lowest BCUT2D eigenvalue weighted by Crippen LogP contribution is -2.53. The molecule has 1 N–H and O–H groups in total. The average Bonchev–Trinajstić information content (AvgIpc) is 3.56. The first kappa shape index (κ1) is 25.5. The second-order valence-corrected chi connectivity index (χ2v) is 9.99. The van der Waals surface area contributed by atoms with Gasteiger partial charge < -0.3 is 15.1 Å². The molecule has 178 valence electrons. The number of carbonyl (C=O) groups excluding carboxylic acids is 2. The van der Waals surface area contributed by atoms with Crippen LogP contribution in [0.2, 0.25) is 10.0 Å². The van der Waals surface area contributed by atoms with Crippen molar-refractivity contribution in [1.82, 2.24) is 15.1 Å². The molecule has 3 rings (SSSR count). The van der Waals surface area contributed by atoms with E-state index in [4.69, 9.17) is 23.2 Å². The zero-order valence-electron chi connectivity index (χ0n) is 19.8. The van der Waals surface area contributed by atoms with Crippen LogP contribution in [0.15, 0.2) is 42.5 Å². The van der Waals surface area contributed by atoms with Gasteiger partial charge in [-0.15, -0.1) is 0 Å². The Labute approximate surface area is 207 Å². The standard InChI is InChI=1S/C26H33Cl2N3O2/c1-5-31(15-14-30(3)4)24(32)23(16-19-8-6-18(2)7-9-19)29-25(33)26(12-13-26)21-11-10-20(27)17-22(21)28/h6-11,17,23H,5,12-16H2,1-4H3,(H,29,33)/t23-/m0/s1. The van der Waals surface area contributed by atoms with Crippen LogP contribution in [-0.4, -0.2) is 61.4 Å². The van der Waals surface area contributed by atoms with Crippen molar-refractivity contribution in [2.45, 2.75) is 44.6 Å². The van der Waals surface area contributed by atoms with E-state index in [1.54, 1.807) is 12.1 Å². The largest absolute Gasteiger partial charge is 0.343 e. The molecule has 1 atom stereocenters. The minimum absolute atomic E-state index is 0.0636. The van der Waals surface area contributed by atoms with E-state index >= 15 is 0 Å². The molecule has 0 bridgehead atoms. The Balaban J connectivity index is 1.84. The first-order valence-corrected chi connectivity index (χ1v) is 12.2. The molecular weight excluding hydrogens is 457 g/mol. The molecule has 0 heterocycles. The van der Waals surface area contributed by atoms with Crippen molar-refractivity contribution in [1.29, 1.82) is 0 Å². The number of halogens is 2. The summed E-state index contributed by atoms with van der Waals surface area (Å²) in [4.78, 5) is 30.9. The molecule has 2 aromatic rings. The second-order valence-electron chi connectivity index (χ2n) is 9.14. The van der Waals surface area contributed by atoms with Crippen LogP contribution >= 0.6 is 23.2 Å². The Kier molecular flexibility index (Phi) is 8.43. The molecule has 1 aliphatic carbocycles. The molecule has 2 amide bonds. The third-order valence-corrected chi connectivity index (χ3v) is 6.85. The second kappa shape index (κ2) is 10.9. The summed E-state index contributed by atoms with van der Waals surface area (Å²) in [7, 11) is 3.97. The van der Waals surface area contributed by atoms with E-state index in [0.717, 1.165) is 23.2 Å². The van der Waals surface area contributed by atoms with E-state index in [1.165, 1.54) is 0 Å². The summed E-state index contributed by atoms with van der Waals surface area (Å²) < 4.78 is 0. The summed E-state index contributed by atoms with van der Waals surface area (Å²) in [6, 6.07) is 12.7. The van der Waals surface area contributed by atoms with Crippen molar-refractivity contribution in [2.75, 3.05) is 33.7 Å². The van der Waals surface area contributed by atoms with Gasteiger partial charge in [-0.2, -0.15) is 0 Å². The van der Waals surface area contributed by atoms with E-state index in [2.05, 4.69) is 5.32 Å². The maximum Gasteiger partial charge on any atom is 0.245 e. The fourth-order valence-electron chi connectivity index (χ4n) is 4.04. The van der Waals surface area contributed by atoms with E-state index < -0.39 is 11.5 Å². The fraction of sp³-hybridized carbons (Fsp3) is 0.462. The zero-order chi connectivity index (χ0) is 24.2. The molecule has 0 spiro atoms. The highest BCUT2D eigenvalue weighted by molar-refractivity contribution is 6.35. The summed E-state index contributed by atoms with van der Waals surface area (Å²) in [6.07, 6.45) is 1.83. The summed E-state index contributed by atoms with van der Waals surface area (Å²) in [5.74, 6) is -0.216. The molecule has 0 radical (unpaired) electrons. The first-order chi connectivity index (χ1) is 15.7. The monoisotopic (exact) mass is 489 g/mol. The quantitative estimate of drug-likeness (QED) is 0.535. The number of hydrogen-bond acceptors (Lipinski definition) is 3. The van der Waals surface area contributed by atoms with Gasteiger partial charge in [0.15, 0.2) is 0 Å². The Morgan fingerprint density at radius 1 is 1.06 bits per heavy atom. The third kappa shape index (κ3) is 6.28. The molecule has 2 aromatic carbocycles. The van der Waals surface area contributed by atoms with Crippen molar-refractivity contribution in [3.05, 3.63) is 69.2 Å². The topological polar surface area (TPSA) is 52.6 Å². The van der Waals surface area contributed by atoms with Gasteiger partial charge >= 0.3 is 0 Å². The molecule has 0 unspecified atom stereocenters. The van der Waals surface area contributed by atoms with Crippen molar-refractivity contribution in [2.24, 2.45) is 0 Å². The third-order valence-electron chi connectivity index (χ3n) is 6.31. The van der Waals surface area contributed by atoms with Gasteiger partial charge in [0.2, 0.25) is 11.8 Å². The Hall–Kier alpha value is -2.08. The number of aryl methyl sites for hydroxylation is 1. The highest BCUT2D eigenvalue weighted by Crippen LogP contribution is 2.51. The minimum atomic E-state index is -0.700. The van der Waals surface area contributed by atoms with Gasteiger partial charge in [-0.1, -0.05) is 59.1 Å². The smallest absolute Gasteiger partial charge is 0.245 e. The van der Waals surface area contributed by atoms with Gasteiger partial charge in [0.25, 0.3) is 0 Å². The maximum atomic E-state index is 13.5. The van der Waals surface area contributed by atoms with Gasteiger partial charge in [-0.25, -0.2) is 0 Å². The molecular formula is C26H33Cl2N3O2. The normalized spacial score (nSPS) is 15.2. The lowest BCUT2D eigenvalue weighted by molar-refractivity contribution is -0.137. The van der Waals surface area contributed by atoms with Crippen molar-refractivity contribution >= 4 is 35.0 Å². The molecule has 0 aliphatic heterocycles. The molecule has 1 aliphatic rings. The number of likely N-dealkylation sites (N-methyl/N-ethyl adjacent to an activating group) is 2. The highest BCUT2D eigenvalue weighted by atomic mass is 35.5. The Bertz CT molecular complexity index is 988. The molecule has 0 saturated heterocycles. The minimum Gasteiger partial charge on any atom is -0.343 e. The number of hydrogen-bond donors (Lipinski definition) is 1. The lowest BCUT2D eigenvalue weighted by atomic mass is 9.93. The van der Waals surface area contributed by atoms with Gasteiger partial charge in [-0.05, 0) is 64.0 Å². The molecule has 33 heavy (non-hydrogen) atoms. The predicted octanol–water partition coefficient (Wildman–Crippen LogP) is 4.47. The summed E-state index contributed by atoms with van der Waals surface area (Å²) in [5.41, 5.74) is 2.24. The highest BCUT2D eigenvalue weighted by Gasteiger charge is 2.53. The van der Waals surface area contributed by atoms with Crippen LogP contribution in [0.4, 0.5) is 0 Å². The van der Waals surface area contributed by atoms with Gasteiger partial charge in [0.1, 0.15) is 6.04 Å². The van der Waals surface area contributed by atoms with Crippen molar-refractivity contribution < 1.29 is 9.59 Å². The van der Waals surface area contributed by atoms with E-state index in [1.807, 2.05) is 68.1 Å². The van der Waals surface area contributed by atoms with Crippen LogP contribution in [0.1, 0.15) is 36.5 Å². The molecule has 1 saturated carbocycles. The van der Waals surface area contributed by atoms with Crippen LogP contribution in [0.5, 0.6) is 0 Å². The number of rotatable bonds is 10. The lowest BCUT2D eigenvalue weighted by Gasteiger charge is -2.29. The van der Waals surface area contributed by atoms with Gasteiger partial charge in [0, 0.05) is 36.1 Å². The van der Waals surface area contributed by atoms with Crippen molar-refractivity contribution in [3.63, 3.8) is 0 Å². The number of carbonyl (C=O) groups is 2. The Morgan fingerprint density at radius 3 is 2.27 bits per heavy atom. The van der Waals surface area contributed by atoms with Crippen LogP contribution in [0, 0.1) is 6.92 Å². The first-order valence-electron chi connectivity index (χ1n) is 11.4. The molecule has 7 heteroatoms. The van der Waals surface area contributed by atoms with Gasteiger partial charge in [0.05, 0.1) is 5.41 Å². The average molecular weight is 490 g/mol. The van der Waals surface area contributed by atoms with E-state index in [9.17, 15) is 9.59 Å². The fourth-order valence-corrected chi connectivity index (χ4v) is 4.63. The maximum absolute atomic E-state index is 13.5. The van der Waals surface area contributed by atoms with E-state index in [0.29, 0.717) is 42.4 Å². The van der Waals surface area contributed by atoms with Crippen LogP contribution in [0.25, 0.3) is 0 Å². The summed E-state index contributed by atoms with van der Waals surface area (Å²) >= 11 is 12.5. The number of amides is 2. The van der Waals surface area contributed by atoms with Crippen LogP contribution in [-0.2, 0) is 21.4 Å². The van der Waals surface area contributed by atoms with Crippen molar-refractivity contribution in [3.8, 4) is 0 Å². The Morgan fingerprint density at radius 2 is 1.73 bits per heavy atom. The molecule has 5 nitrogen and oxygen atoms in total. The SMILES string of the molecule is CCN(CCN(C)C)C(=O)[C@H](Cc1ccc(C)cc1)NC(=O)C1(c2ccc(Cl)cc2Cl)CC1. The van der Waals surface area contributed by atoms with Crippen LogP contribution in [0.3, 0.4) is 0 Å². The summed E-state index contributed by atoms with van der Waals surface area (Å²) in [6.45, 7) is 5.95. The van der Waals surface area contributed by atoms with Gasteiger partial charge in [-0.3, -0.25) is 9.59 Å². The number of nitrogens with zero attached hydrogens (tertiary/aromatic N) is 2.